The zero-order valence-electron chi connectivity index (χ0n) is 14.3. The summed E-state index contributed by atoms with van der Waals surface area (Å²) < 4.78 is 0. The molecule has 0 bridgehead atoms. The van der Waals surface area contributed by atoms with Crippen molar-refractivity contribution in [2.45, 2.75) is 58.8 Å². The van der Waals surface area contributed by atoms with Gasteiger partial charge >= 0.3 is 0 Å². The molecule has 0 aliphatic heterocycles. The van der Waals surface area contributed by atoms with Gasteiger partial charge in [0.05, 0.1) is 0 Å². The minimum absolute atomic E-state index is 0. The van der Waals surface area contributed by atoms with Gasteiger partial charge in [0.15, 0.2) is 11.9 Å². The average molecular weight is 362 g/mol. The third-order valence-corrected chi connectivity index (χ3v) is 3.88. The molecule has 0 aliphatic carbocycles. The summed E-state index contributed by atoms with van der Waals surface area (Å²) >= 11 is 1.88. The van der Waals surface area contributed by atoms with E-state index in [1.165, 1.54) is 32.1 Å². The Morgan fingerprint density at radius 1 is 1.13 bits per heavy atom. The number of hydrogen-bond acceptors (Lipinski definition) is 3. The van der Waals surface area contributed by atoms with Crippen LogP contribution in [0.15, 0.2) is 17.5 Å². The van der Waals surface area contributed by atoms with Crippen LogP contribution in [0.25, 0.3) is 0 Å². The van der Waals surface area contributed by atoms with Crippen molar-refractivity contribution in [3.05, 3.63) is 22.4 Å². The number of rotatable bonds is 8. The van der Waals surface area contributed by atoms with Crippen molar-refractivity contribution in [3.8, 4) is 0 Å². The highest BCUT2D eigenvalue weighted by molar-refractivity contribution is 7.09. The molecule has 0 saturated heterocycles. The van der Waals surface area contributed by atoms with Crippen LogP contribution in [0.3, 0.4) is 0 Å². The van der Waals surface area contributed by atoms with Gasteiger partial charge in [-0.2, -0.15) is 0 Å². The minimum Gasteiger partial charge on any atom is -0.370 e. The highest BCUT2D eigenvalue weighted by atomic mass is 35.5. The Kier molecular flexibility index (Phi) is 17.8. The lowest BCUT2D eigenvalue weighted by Gasteiger charge is -2.06. The standard InChI is InChI=1S/C10H16S.C6H15N5.ClH/c1-2-3-4-5-7-10-8-6-9-11-10;1-2-3-4-10-6(9)11-5(7)8;/h6,8-9H,2-5,7H2,1H3;2-4H2,1H3,(H6,7,8,9,10,11);1H. The Morgan fingerprint density at radius 3 is 2.35 bits per heavy atom. The molecule has 23 heavy (non-hydrogen) atoms. The number of unbranched alkanes of at least 4 members (excludes halogenated alkanes) is 4. The van der Waals surface area contributed by atoms with Crippen LogP contribution in [0.2, 0.25) is 0 Å². The van der Waals surface area contributed by atoms with Gasteiger partial charge in [-0.3, -0.25) is 16.1 Å². The van der Waals surface area contributed by atoms with E-state index in [-0.39, 0.29) is 24.3 Å². The molecule has 1 aromatic heterocycles. The molecule has 0 aromatic carbocycles. The van der Waals surface area contributed by atoms with Crippen molar-refractivity contribution in [2.24, 2.45) is 5.73 Å². The van der Waals surface area contributed by atoms with Crippen LogP contribution in [-0.2, 0) is 6.42 Å². The van der Waals surface area contributed by atoms with E-state index in [9.17, 15) is 0 Å². The maximum atomic E-state index is 7.15. The summed E-state index contributed by atoms with van der Waals surface area (Å²) in [5, 5.41) is 21.2. The molecule has 134 valence electrons. The monoisotopic (exact) mass is 361 g/mol. The number of guanidine groups is 2. The average Bonchev–Trinajstić information content (AvgIpc) is 2.97. The van der Waals surface area contributed by atoms with Crippen molar-refractivity contribution in [2.75, 3.05) is 6.54 Å². The van der Waals surface area contributed by atoms with Crippen LogP contribution >= 0.6 is 23.7 Å². The molecule has 0 amide bonds. The van der Waals surface area contributed by atoms with Crippen molar-refractivity contribution in [3.63, 3.8) is 0 Å². The molecule has 0 spiro atoms. The van der Waals surface area contributed by atoms with Gasteiger partial charge in [-0.15, -0.1) is 23.7 Å². The van der Waals surface area contributed by atoms with Gasteiger partial charge in [-0.05, 0) is 30.7 Å². The summed E-state index contributed by atoms with van der Waals surface area (Å²) in [4.78, 5) is 1.54. The second-order valence-corrected chi connectivity index (χ2v) is 6.12. The number of thiophene rings is 1. The van der Waals surface area contributed by atoms with E-state index < -0.39 is 0 Å². The maximum Gasteiger partial charge on any atom is 0.195 e. The molecule has 6 N–H and O–H groups in total. The molecule has 0 saturated carbocycles. The summed E-state index contributed by atoms with van der Waals surface area (Å²) in [5.41, 5.74) is 4.99. The Labute approximate surface area is 150 Å². The fourth-order valence-electron chi connectivity index (χ4n) is 1.75. The number of hydrogen-bond donors (Lipinski definition) is 5. The van der Waals surface area contributed by atoms with E-state index in [1.807, 2.05) is 11.3 Å². The molecule has 7 heteroatoms. The van der Waals surface area contributed by atoms with E-state index >= 15 is 0 Å². The molecule has 0 unspecified atom stereocenters. The van der Waals surface area contributed by atoms with Crippen LogP contribution < -0.4 is 16.4 Å². The van der Waals surface area contributed by atoms with E-state index in [0.717, 1.165) is 19.4 Å². The maximum absolute atomic E-state index is 7.15. The predicted octanol–water partition coefficient (Wildman–Crippen LogP) is 4.09. The van der Waals surface area contributed by atoms with Crippen molar-refractivity contribution >= 4 is 35.7 Å². The molecular weight excluding hydrogens is 330 g/mol. The molecule has 1 rings (SSSR count). The molecule has 0 radical (unpaired) electrons. The summed E-state index contributed by atoms with van der Waals surface area (Å²) in [6.07, 6.45) is 8.89. The number of nitrogens with two attached hydrogens (primary N) is 1. The first-order valence-electron chi connectivity index (χ1n) is 8.06. The lowest BCUT2D eigenvalue weighted by Crippen LogP contribution is -2.43. The lowest BCUT2D eigenvalue weighted by atomic mass is 10.1. The second-order valence-electron chi connectivity index (χ2n) is 5.08. The highest BCUT2D eigenvalue weighted by Gasteiger charge is 1.93. The molecule has 0 atom stereocenters. The van der Waals surface area contributed by atoms with Crippen LogP contribution in [0.4, 0.5) is 0 Å². The Hall–Kier alpha value is -1.27. The van der Waals surface area contributed by atoms with Gasteiger partial charge in [-0.1, -0.05) is 45.6 Å². The molecular formula is C16H32ClN5S. The summed E-state index contributed by atoms with van der Waals surface area (Å²) in [6, 6.07) is 4.37. The van der Waals surface area contributed by atoms with Crippen LogP contribution in [-0.4, -0.2) is 18.5 Å². The minimum atomic E-state index is -0.209. The van der Waals surface area contributed by atoms with Gasteiger partial charge in [-0.25, -0.2) is 0 Å². The fraction of sp³-hybridized carbons (Fsp3) is 0.625. The summed E-state index contributed by atoms with van der Waals surface area (Å²) in [6.45, 7) is 5.07. The fourth-order valence-corrected chi connectivity index (χ4v) is 2.50. The highest BCUT2D eigenvalue weighted by Crippen LogP contribution is 2.12. The SMILES string of the molecule is CCCCCCc1cccs1.CCCCNC(=N)NC(=N)N.Cl. The summed E-state index contributed by atoms with van der Waals surface area (Å²) in [5.74, 6) is -0.120. The van der Waals surface area contributed by atoms with Gasteiger partial charge < -0.3 is 11.1 Å². The van der Waals surface area contributed by atoms with Crippen LogP contribution in [0, 0.1) is 10.8 Å². The zero-order chi connectivity index (χ0) is 16.6. The van der Waals surface area contributed by atoms with Crippen LogP contribution in [0.5, 0.6) is 0 Å². The largest absolute Gasteiger partial charge is 0.370 e. The van der Waals surface area contributed by atoms with Gasteiger partial charge in [0, 0.05) is 11.4 Å². The normalized spacial score (nSPS) is 9.13. The van der Waals surface area contributed by atoms with Crippen molar-refractivity contribution in [1.82, 2.24) is 10.6 Å². The first-order chi connectivity index (χ1) is 10.6. The van der Waals surface area contributed by atoms with Gasteiger partial charge in [0.25, 0.3) is 0 Å². The first kappa shape index (κ1) is 24.0. The third-order valence-electron chi connectivity index (χ3n) is 2.95. The van der Waals surface area contributed by atoms with E-state index in [4.69, 9.17) is 16.6 Å². The van der Waals surface area contributed by atoms with Crippen LogP contribution in [0.1, 0.15) is 57.2 Å². The summed E-state index contributed by atoms with van der Waals surface area (Å²) in [7, 11) is 0. The Balaban J connectivity index is 0. The van der Waals surface area contributed by atoms with Crippen molar-refractivity contribution in [1.29, 1.82) is 10.8 Å². The Bertz CT molecular complexity index is 395. The second kappa shape index (κ2) is 17.1. The Morgan fingerprint density at radius 2 is 1.83 bits per heavy atom. The lowest BCUT2D eigenvalue weighted by molar-refractivity contribution is 0.670. The smallest absolute Gasteiger partial charge is 0.195 e. The molecule has 0 aliphatic rings. The molecule has 0 fully saturated rings. The zero-order valence-corrected chi connectivity index (χ0v) is 15.9. The predicted molar refractivity (Wildman–Crippen MR) is 105 cm³/mol. The van der Waals surface area contributed by atoms with Gasteiger partial charge in [0.2, 0.25) is 0 Å². The van der Waals surface area contributed by atoms with E-state index in [1.54, 1.807) is 4.88 Å². The van der Waals surface area contributed by atoms with Crippen molar-refractivity contribution < 1.29 is 0 Å². The quantitative estimate of drug-likeness (QED) is 0.274. The van der Waals surface area contributed by atoms with E-state index in [0.29, 0.717) is 0 Å². The third kappa shape index (κ3) is 16.9. The molecule has 1 heterocycles. The number of aryl methyl sites for hydroxylation is 1. The number of halogens is 1. The number of nitrogens with one attached hydrogen (secondary N) is 4. The van der Waals surface area contributed by atoms with Gasteiger partial charge in [0.1, 0.15) is 0 Å². The molecule has 5 nitrogen and oxygen atoms in total. The first-order valence-corrected chi connectivity index (χ1v) is 8.93. The molecule has 1 aromatic rings. The topological polar surface area (TPSA) is 97.8 Å². The van der Waals surface area contributed by atoms with E-state index in [2.05, 4.69) is 42.0 Å².